The van der Waals surface area contributed by atoms with Gasteiger partial charge in [0.2, 0.25) is 0 Å². The second-order valence-corrected chi connectivity index (χ2v) is 6.51. The fourth-order valence-corrected chi connectivity index (χ4v) is 2.91. The van der Waals surface area contributed by atoms with Gasteiger partial charge in [0.25, 0.3) is 0 Å². The van der Waals surface area contributed by atoms with Gasteiger partial charge in [-0.3, -0.25) is 0 Å². The monoisotopic (exact) mass is 290 g/mol. The standard InChI is InChI=1S/C18H30N2O/c1-14(2)19-13-16-8-9-18(15(3)12-16)20(10-5-11-21)17-6-4-7-17/h8-9,12,14,17,19,21H,4-7,10-11,13H2,1-3H3. The Bertz CT molecular complexity index is 441. The molecule has 0 heterocycles. The van der Waals surface area contributed by atoms with Crippen LogP contribution in [0.5, 0.6) is 0 Å². The van der Waals surface area contributed by atoms with E-state index in [1.54, 1.807) is 0 Å². The molecule has 3 heteroatoms. The number of aliphatic hydroxyl groups excluding tert-OH is 1. The molecule has 21 heavy (non-hydrogen) atoms. The first-order valence-corrected chi connectivity index (χ1v) is 8.32. The molecule has 2 N–H and O–H groups in total. The van der Waals surface area contributed by atoms with Crippen LogP contribution in [-0.4, -0.2) is 30.3 Å². The molecule has 1 aliphatic rings. The Morgan fingerprint density at radius 2 is 2.10 bits per heavy atom. The van der Waals surface area contributed by atoms with Crippen LogP contribution < -0.4 is 10.2 Å². The summed E-state index contributed by atoms with van der Waals surface area (Å²) in [5, 5.41) is 12.6. The fourth-order valence-electron chi connectivity index (χ4n) is 2.91. The van der Waals surface area contributed by atoms with E-state index >= 15 is 0 Å². The van der Waals surface area contributed by atoms with E-state index in [9.17, 15) is 0 Å². The second-order valence-electron chi connectivity index (χ2n) is 6.51. The van der Waals surface area contributed by atoms with E-state index in [1.165, 1.54) is 36.1 Å². The van der Waals surface area contributed by atoms with Crippen LogP contribution in [0.2, 0.25) is 0 Å². The van der Waals surface area contributed by atoms with Crippen LogP contribution >= 0.6 is 0 Å². The van der Waals surface area contributed by atoms with Crippen LogP contribution in [0, 0.1) is 6.92 Å². The number of anilines is 1. The first-order valence-electron chi connectivity index (χ1n) is 8.32. The molecule has 0 radical (unpaired) electrons. The van der Waals surface area contributed by atoms with Gasteiger partial charge < -0.3 is 15.3 Å². The van der Waals surface area contributed by atoms with Crippen LogP contribution in [0.1, 0.15) is 50.7 Å². The van der Waals surface area contributed by atoms with Crippen molar-refractivity contribution in [2.75, 3.05) is 18.1 Å². The van der Waals surface area contributed by atoms with E-state index in [-0.39, 0.29) is 6.61 Å². The summed E-state index contributed by atoms with van der Waals surface area (Å²) in [6.07, 6.45) is 4.78. The van der Waals surface area contributed by atoms with Gasteiger partial charge in [-0.2, -0.15) is 0 Å². The second kappa shape index (κ2) is 7.81. The summed E-state index contributed by atoms with van der Waals surface area (Å²) in [5.41, 5.74) is 4.05. The molecular formula is C18H30N2O. The molecule has 0 unspecified atom stereocenters. The minimum atomic E-state index is 0.276. The predicted octanol–water partition coefficient (Wildman–Crippen LogP) is 3.23. The fraction of sp³-hybridized carbons (Fsp3) is 0.667. The molecular weight excluding hydrogens is 260 g/mol. The first kappa shape index (κ1) is 16.3. The van der Waals surface area contributed by atoms with Crippen LogP contribution in [0.15, 0.2) is 18.2 Å². The van der Waals surface area contributed by atoms with Crippen molar-refractivity contribution >= 4 is 5.69 Å². The third-order valence-corrected chi connectivity index (χ3v) is 4.36. The summed E-state index contributed by atoms with van der Waals surface area (Å²) in [7, 11) is 0. The highest BCUT2D eigenvalue weighted by atomic mass is 16.3. The van der Waals surface area contributed by atoms with E-state index in [4.69, 9.17) is 5.11 Å². The van der Waals surface area contributed by atoms with Crippen LogP contribution in [-0.2, 0) is 6.54 Å². The summed E-state index contributed by atoms with van der Waals surface area (Å²) < 4.78 is 0. The average molecular weight is 290 g/mol. The van der Waals surface area contributed by atoms with Crippen molar-refractivity contribution in [1.29, 1.82) is 0 Å². The van der Waals surface area contributed by atoms with Gasteiger partial charge in [0.1, 0.15) is 0 Å². The maximum absolute atomic E-state index is 9.13. The van der Waals surface area contributed by atoms with E-state index in [0.29, 0.717) is 12.1 Å². The zero-order chi connectivity index (χ0) is 15.2. The molecule has 0 amide bonds. The summed E-state index contributed by atoms with van der Waals surface area (Å²) in [6.45, 7) is 8.73. The lowest BCUT2D eigenvalue weighted by atomic mass is 9.90. The van der Waals surface area contributed by atoms with Crippen molar-refractivity contribution in [3.05, 3.63) is 29.3 Å². The molecule has 1 aliphatic carbocycles. The third kappa shape index (κ3) is 4.45. The minimum Gasteiger partial charge on any atom is -0.396 e. The minimum absolute atomic E-state index is 0.276. The summed E-state index contributed by atoms with van der Waals surface area (Å²) in [4.78, 5) is 2.51. The Morgan fingerprint density at radius 1 is 1.33 bits per heavy atom. The van der Waals surface area contributed by atoms with Gasteiger partial charge in [0, 0.05) is 37.5 Å². The summed E-state index contributed by atoms with van der Waals surface area (Å²) in [6, 6.07) is 8.00. The van der Waals surface area contributed by atoms with E-state index in [2.05, 4.69) is 49.2 Å². The number of nitrogens with zero attached hydrogens (tertiary/aromatic N) is 1. The van der Waals surface area contributed by atoms with Gasteiger partial charge in [-0.15, -0.1) is 0 Å². The Kier molecular flexibility index (Phi) is 6.07. The van der Waals surface area contributed by atoms with Crippen molar-refractivity contribution in [3.63, 3.8) is 0 Å². The molecule has 1 fully saturated rings. The first-order chi connectivity index (χ1) is 10.1. The molecule has 118 valence electrons. The van der Waals surface area contributed by atoms with Gasteiger partial charge >= 0.3 is 0 Å². The Hall–Kier alpha value is -1.06. The molecule has 1 aromatic carbocycles. The quantitative estimate of drug-likeness (QED) is 0.771. The molecule has 1 aromatic rings. The highest BCUT2D eigenvalue weighted by Gasteiger charge is 2.25. The summed E-state index contributed by atoms with van der Waals surface area (Å²) in [5.74, 6) is 0. The Balaban J connectivity index is 2.08. The third-order valence-electron chi connectivity index (χ3n) is 4.36. The average Bonchev–Trinajstić information content (AvgIpc) is 2.39. The number of hydrogen-bond acceptors (Lipinski definition) is 3. The van der Waals surface area contributed by atoms with Gasteiger partial charge in [-0.05, 0) is 49.8 Å². The predicted molar refractivity (Wildman–Crippen MR) is 89.8 cm³/mol. The number of rotatable bonds is 8. The molecule has 3 nitrogen and oxygen atoms in total. The maximum Gasteiger partial charge on any atom is 0.0447 e. The zero-order valence-electron chi connectivity index (χ0n) is 13.7. The molecule has 2 rings (SSSR count). The van der Waals surface area contributed by atoms with Gasteiger partial charge in [-0.25, -0.2) is 0 Å². The van der Waals surface area contributed by atoms with Crippen molar-refractivity contribution in [1.82, 2.24) is 5.32 Å². The lowest BCUT2D eigenvalue weighted by Crippen LogP contribution is -2.41. The number of aryl methyl sites for hydroxylation is 1. The SMILES string of the molecule is Cc1cc(CNC(C)C)ccc1N(CCCO)C1CCC1. The Labute approximate surface area is 129 Å². The zero-order valence-corrected chi connectivity index (χ0v) is 13.7. The lowest BCUT2D eigenvalue weighted by Gasteiger charge is -2.40. The van der Waals surface area contributed by atoms with Gasteiger partial charge in [0.15, 0.2) is 0 Å². The Morgan fingerprint density at radius 3 is 2.62 bits per heavy atom. The number of aliphatic hydroxyl groups is 1. The normalized spacial score (nSPS) is 15.3. The van der Waals surface area contributed by atoms with Crippen LogP contribution in [0.4, 0.5) is 5.69 Å². The number of nitrogens with one attached hydrogen (secondary N) is 1. The van der Waals surface area contributed by atoms with Crippen molar-refractivity contribution in [2.45, 2.75) is 65.1 Å². The maximum atomic E-state index is 9.13. The molecule has 1 saturated carbocycles. The van der Waals surface area contributed by atoms with E-state index < -0.39 is 0 Å². The van der Waals surface area contributed by atoms with Gasteiger partial charge in [0.05, 0.1) is 0 Å². The molecule has 0 atom stereocenters. The number of benzene rings is 1. The van der Waals surface area contributed by atoms with E-state index in [1.807, 2.05) is 0 Å². The topological polar surface area (TPSA) is 35.5 Å². The van der Waals surface area contributed by atoms with Crippen LogP contribution in [0.25, 0.3) is 0 Å². The van der Waals surface area contributed by atoms with Crippen LogP contribution in [0.3, 0.4) is 0 Å². The molecule has 0 saturated heterocycles. The van der Waals surface area contributed by atoms with Crippen molar-refractivity contribution < 1.29 is 5.11 Å². The van der Waals surface area contributed by atoms with Gasteiger partial charge in [-0.1, -0.05) is 26.0 Å². The lowest BCUT2D eigenvalue weighted by molar-refractivity contribution is 0.283. The largest absolute Gasteiger partial charge is 0.396 e. The van der Waals surface area contributed by atoms with E-state index in [0.717, 1.165) is 19.5 Å². The smallest absolute Gasteiger partial charge is 0.0447 e. The molecule has 0 aliphatic heterocycles. The molecule has 0 bridgehead atoms. The van der Waals surface area contributed by atoms with Crippen molar-refractivity contribution in [3.8, 4) is 0 Å². The van der Waals surface area contributed by atoms with Crippen molar-refractivity contribution in [2.24, 2.45) is 0 Å². The highest BCUT2D eigenvalue weighted by Crippen LogP contribution is 2.32. The summed E-state index contributed by atoms with van der Waals surface area (Å²) >= 11 is 0. The molecule has 0 aromatic heterocycles. The highest BCUT2D eigenvalue weighted by molar-refractivity contribution is 5.55. The number of hydrogen-bond donors (Lipinski definition) is 2. The molecule has 0 spiro atoms.